The number of fused-ring (bicyclic) bond motifs is 1. The second-order valence-electron chi connectivity index (χ2n) is 7.28. The van der Waals surface area contributed by atoms with Gasteiger partial charge in [0, 0.05) is 28.5 Å². The van der Waals surface area contributed by atoms with Gasteiger partial charge in [-0.05, 0) is 60.0 Å². The first-order chi connectivity index (χ1) is 15.1. The molecule has 0 saturated carbocycles. The zero-order chi connectivity index (χ0) is 21.6. The summed E-state index contributed by atoms with van der Waals surface area (Å²) in [5.74, 6) is -0.308. The van der Waals surface area contributed by atoms with Crippen molar-refractivity contribution in [3.05, 3.63) is 94.0 Å². The third kappa shape index (κ3) is 5.63. The third-order valence-corrected chi connectivity index (χ3v) is 5.19. The van der Waals surface area contributed by atoms with Crippen LogP contribution >= 0.6 is 11.6 Å². The molecule has 0 aromatic heterocycles. The number of ether oxygens (including phenoxy) is 1. The molecule has 158 valence electrons. The van der Waals surface area contributed by atoms with E-state index in [1.54, 1.807) is 18.2 Å². The van der Waals surface area contributed by atoms with E-state index in [1.165, 1.54) is 11.1 Å². The lowest BCUT2D eigenvalue weighted by atomic mass is 10.0. The molecule has 1 aliphatic rings. The van der Waals surface area contributed by atoms with Gasteiger partial charge in [0.1, 0.15) is 6.61 Å². The Morgan fingerprint density at radius 2 is 1.77 bits per heavy atom. The summed E-state index contributed by atoms with van der Waals surface area (Å²) in [7, 11) is 0. The maximum Gasteiger partial charge on any atom is 0.411 e. The number of anilines is 2. The average Bonchev–Trinajstić information content (AvgIpc) is 2.78. The van der Waals surface area contributed by atoms with E-state index in [0.717, 1.165) is 30.8 Å². The maximum absolute atomic E-state index is 12.8. The van der Waals surface area contributed by atoms with Crippen LogP contribution in [0.1, 0.15) is 27.0 Å². The fraction of sp³-hybridized carbons (Fsp3) is 0.167. The monoisotopic (exact) mass is 435 g/mol. The number of carbonyl (C=O) groups is 2. The van der Waals surface area contributed by atoms with Crippen LogP contribution in [0.4, 0.5) is 16.2 Å². The quantitative estimate of drug-likeness (QED) is 0.527. The lowest BCUT2D eigenvalue weighted by Gasteiger charge is -2.18. The van der Waals surface area contributed by atoms with Crippen molar-refractivity contribution in [2.75, 3.05) is 17.2 Å². The molecule has 31 heavy (non-hydrogen) atoms. The summed E-state index contributed by atoms with van der Waals surface area (Å²) in [4.78, 5) is 24.9. The molecule has 6 nitrogen and oxygen atoms in total. The van der Waals surface area contributed by atoms with Crippen molar-refractivity contribution in [2.45, 2.75) is 19.6 Å². The molecule has 0 saturated heterocycles. The molecular formula is C24H22ClN3O3. The number of rotatable bonds is 5. The highest BCUT2D eigenvalue weighted by molar-refractivity contribution is 6.31. The zero-order valence-corrected chi connectivity index (χ0v) is 17.5. The highest BCUT2D eigenvalue weighted by Crippen LogP contribution is 2.23. The molecule has 3 aromatic carbocycles. The SMILES string of the molecule is O=C(Nc1cc(Cl)cc(C(=O)Nc2ccc3c(c2)CCNC3)c1)OCc1ccccc1. The van der Waals surface area contributed by atoms with Crippen molar-refractivity contribution >= 4 is 35.0 Å². The second-order valence-corrected chi connectivity index (χ2v) is 7.72. The van der Waals surface area contributed by atoms with Crippen molar-refractivity contribution < 1.29 is 14.3 Å². The van der Waals surface area contributed by atoms with Gasteiger partial charge in [-0.25, -0.2) is 4.79 Å². The largest absolute Gasteiger partial charge is 0.444 e. The Kier molecular flexibility index (Phi) is 6.50. The summed E-state index contributed by atoms with van der Waals surface area (Å²) < 4.78 is 5.22. The normalized spacial score (nSPS) is 12.5. The van der Waals surface area contributed by atoms with Gasteiger partial charge in [-0.2, -0.15) is 0 Å². The zero-order valence-electron chi connectivity index (χ0n) is 16.8. The van der Waals surface area contributed by atoms with Crippen molar-refractivity contribution in [3.63, 3.8) is 0 Å². The van der Waals surface area contributed by atoms with E-state index in [-0.39, 0.29) is 12.5 Å². The van der Waals surface area contributed by atoms with Crippen LogP contribution in [0.5, 0.6) is 0 Å². The number of hydrogen-bond donors (Lipinski definition) is 3. The van der Waals surface area contributed by atoms with Crippen LogP contribution in [0.2, 0.25) is 5.02 Å². The van der Waals surface area contributed by atoms with E-state index in [0.29, 0.717) is 16.3 Å². The number of amides is 2. The molecule has 7 heteroatoms. The average molecular weight is 436 g/mol. The first-order valence-corrected chi connectivity index (χ1v) is 10.4. The maximum atomic E-state index is 12.8. The predicted molar refractivity (Wildman–Crippen MR) is 122 cm³/mol. The minimum atomic E-state index is -0.624. The van der Waals surface area contributed by atoms with Crippen LogP contribution in [0.25, 0.3) is 0 Å². The summed E-state index contributed by atoms with van der Waals surface area (Å²) in [5.41, 5.74) is 4.79. The number of nitrogens with one attached hydrogen (secondary N) is 3. The van der Waals surface area contributed by atoms with Gasteiger partial charge >= 0.3 is 6.09 Å². The van der Waals surface area contributed by atoms with Crippen LogP contribution in [-0.4, -0.2) is 18.5 Å². The van der Waals surface area contributed by atoms with Gasteiger partial charge in [0.25, 0.3) is 5.91 Å². The molecule has 1 aliphatic heterocycles. The lowest BCUT2D eigenvalue weighted by molar-refractivity contribution is 0.102. The first-order valence-electron chi connectivity index (χ1n) is 9.99. The minimum Gasteiger partial charge on any atom is -0.444 e. The molecule has 0 radical (unpaired) electrons. The van der Waals surface area contributed by atoms with E-state index < -0.39 is 6.09 Å². The van der Waals surface area contributed by atoms with Crippen LogP contribution in [0.3, 0.4) is 0 Å². The van der Waals surface area contributed by atoms with Gasteiger partial charge in [0.2, 0.25) is 0 Å². The molecule has 1 heterocycles. The molecule has 0 unspecified atom stereocenters. The van der Waals surface area contributed by atoms with Crippen molar-refractivity contribution in [2.24, 2.45) is 0 Å². The number of halogens is 1. The Labute approximate surface area is 185 Å². The van der Waals surface area contributed by atoms with Gasteiger partial charge in [-0.1, -0.05) is 48.0 Å². The summed E-state index contributed by atoms with van der Waals surface area (Å²) in [6.45, 7) is 1.91. The first kappa shape index (κ1) is 20.9. The van der Waals surface area contributed by atoms with Gasteiger partial charge in [0.15, 0.2) is 0 Å². The second kappa shape index (κ2) is 9.64. The highest BCUT2D eigenvalue weighted by atomic mass is 35.5. The van der Waals surface area contributed by atoms with Crippen molar-refractivity contribution in [1.29, 1.82) is 0 Å². The summed E-state index contributed by atoms with van der Waals surface area (Å²) >= 11 is 6.17. The van der Waals surface area contributed by atoms with Crippen LogP contribution in [0, 0.1) is 0 Å². The lowest BCUT2D eigenvalue weighted by Crippen LogP contribution is -2.23. The van der Waals surface area contributed by atoms with E-state index in [4.69, 9.17) is 16.3 Å². The molecule has 4 rings (SSSR count). The van der Waals surface area contributed by atoms with Crippen molar-refractivity contribution in [1.82, 2.24) is 5.32 Å². The van der Waals surface area contributed by atoms with Gasteiger partial charge in [-0.15, -0.1) is 0 Å². The fourth-order valence-corrected chi connectivity index (χ4v) is 3.66. The molecule has 3 aromatic rings. The highest BCUT2D eigenvalue weighted by Gasteiger charge is 2.13. The van der Waals surface area contributed by atoms with Gasteiger partial charge in [0.05, 0.1) is 0 Å². The molecule has 3 N–H and O–H groups in total. The smallest absolute Gasteiger partial charge is 0.411 e. The van der Waals surface area contributed by atoms with E-state index >= 15 is 0 Å². The Morgan fingerprint density at radius 1 is 0.935 bits per heavy atom. The van der Waals surface area contributed by atoms with Crippen LogP contribution in [-0.2, 0) is 24.3 Å². The standard InChI is InChI=1S/C24H22ClN3O3/c25-20-10-19(23(29)27-21-7-6-18-14-26-9-8-17(18)11-21)12-22(13-20)28-24(30)31-15-16-4-2-1-3-5-16/h1-7,10-13,26H,8-9,14-15H2,(H,27,29)(H,28,30). The van der Waals surface area contributed by atoms with Gasteiger partial charge in [-0.3, -0.25) is 10.1 Å². The van der Waals surface area contributed by atoms with Crippen molar-refractivity contribution in [3.8, 4) is 0 Å². The molecular weight excluding hydrogens is 414 g/mol. The molecule has 0 aliphatic carbocycles. The summed E-state index contributed by atoms with van der Waals surface area (Å²) in [6.07, 6.45) is 0.302. The molecule has 0 fully saturated rings. The molecule has 0 atom stereocenters. The van der Waals surface area contributed by atoms with Crippen LogP contribution < -0.4 is 16.0 Å². The molecule has 0 spiro atoms. The Morgan fingerprint density at radius 3 is 2.61 bits per heavy atom. The fourth-order valence-electron chi connectivity index (χ4n) is 3.43. The van der Waals surface area contributed by atoms with Gasteiger partial charge < -0.3 is 15.4 Å². The molecule has 0 bridgehead atoms. The molecule has 2 amide bonds. The van der Waals surface area contributed by atoms with E-state index in [9.17, 15) is 9.59 Å². The predicted octanol–water partition coefficient (Wildman–Crippen LogP) is 4.99. The van der Waals surface area contributed by atoms with E-state index in [1.807, 2.05) is 48.5 Å². The summed E-state index contributed by atoms with van der Waals surface area (Å²) in [5, 5.41) is 9.18. The van der Waals surface area contributed by atoms with E-state index in [2.05, 4.69) is 16.0 Å². The Bertz CT molecular complexity index is 1100. The Balaban J connectivity index is 1.41. The number of carbonyl (C=O) groups excluding carboxylic acids is 2. The van der Waals surface area contributed by atoms with Crippen LogP contribution in [0.15, 0.2) is 66.7 Å². The number of hydrogen-bond acceptors (Lipinski definition) is 4. The topological polar surface area (TPSA) is 79.5 Å². The Hall–Kier alpha value is -3.35. The summed E-state index contributed by atoms with van der Waals surface area (Å²) in [6, 6.07) is 20.0. The third-order valence-electron chi connectivity index (χ3n) is 4.97. The number of benzene rings is 3. The minimum absolute atomic E-state index is 0.147.